The number of allylic oxidation sites excluding steroid dienone is 2. The predicted octanol–water partition coefficient (Wildman–Crippen LogP) is 32.8. The van der Waals surface area contributed by atoms with E-state index in [0.717, 1.165) is 276 Å². The van der Waals surface area contributed by atoms with Crippen LogP contribution in [-0.2, 0) is 0 Å². The Hall–Kier alpha value is -0.920. The highest BCUT2D eigenvalue weighted by molar-refractivity contribution is 5.30. The summed E-state index contributed by atoms with van der Waals surface area (Å²) in [5.74, 6) is 23.3. The van der Waals surface area contributed by atoms with Crippen LogP contribution in [0.1, 0.15) is 547 Å². The monoisotopic (exact) mass is 2020 g/mol. The Morgan fingerprint density at radius 1 is 0.262 bits per heavy atom. The Labute approximate surface area is 892 Å². The number of hydrogen-bond acceptors (Lipinski definition) is 10. The van der Waals surface area contributed by atoms with Gasteiger partial charge < -0.3 is 51.1 Å². The van der Waals surface area contributed by atoms with Crippen molar-refractivity contribution in [2.45, 2.75) is 604 Å². The molecule has 20 aliphatic carbocycles. The molecule has 0 aromatic rings. The van der Waals surface area contributed by atoms with Gasteiger partial charge in [0.15, 0.2) is 0 Å². The lowest BCUT2D eigenvalue weighted by atomic mass is 9.43. The zero-order chi connectivity index (χ0) is 106. The van der Waals surface area contributed by atoms with Gasteiger partial charge in [0.25, 0.3) is 0 Å². The van der Waals surface area contributed by atoms with E-state index >= 15 is 0 Å². The van der Waals surface area contributed by atoms with Crippen molar-refractivity contribution in [2.75, 3.05) is 0 Å². The highest BCUT2D eigenvalue weighted by Gasteiger charge is 2.69. The molecule has 10 heteroatoms. The molecule has 45 atom stereocenters. The molecule has 0 aliphatic heterocycles. The molecular weight excluding hydrogens is 1780 g/mol. The minimum atomic E-state index is -0.536. The van der Waals surface area contributed by atoms with Gasteiger partial charge in [-0.3, -0.25) is 0 Å². The smallest absolute Gasteiger partial charge is 0.0657 e. The highest BCUT2D eigenvalue weighted by atomic mass is 16.3. The highest BCUT2D eigenvalue weighted by Crippen LogP contribution is 2.77. The lowest BCUT2D eigenvalue weighted by molar-refractivity contribution is -0.152. The number of aliphatic hydroxyl groups is 10. The maximum Gasteiger partial charge on any atom is 0.0657 e. The van der Waals surface area contributed by atoms with E-state index in [4.69, 9.17) is 0 Å². The fourth-order valence-corrected chi connectivity index (χ4v) is 45.0. The number of rotatable bonds is 22. The van der Waals surface area contributed by atoms with Gasteiger partial charge in [0.2, 0.25) is 0 Å². The van der Waals surface area contributed by atoms with E-state index in [1.165, 1.54) is 231 Å². The summed E-state index contributed by atoms with van der Waals surface area (Å²) in [6.45, 7) is 64.6. The third-order valence-corrected chi connectivity index (χ3v) is 54.2. The van der Waals surface area contributed by atoms with Crippen molar-refractivity contribution in [3.8, 4) is 0 Å². The third kappa shape index (κ3) is 22.8. The third-order valence-electron chi connectivity index (χ3n) is 54.2. The van der Waals surface area contributed by atoms with Gasteiger partial charge in [-0.25, -0.2) is 0 Å². The molecule has 18 fully saturated rings. The molecular formula is C135H236O10. The largest absolute Gasteiger partial charge is 0.393 e. The van der Waals surface area contributed by atoms with Gasteiger partial charge in [-0.1, -0.05) is 141 Å². The van der Waals surface area contributed by atoms with Crippen LogP contribution in [-0.4, -0.2) is 108 Å². The van der Waals surface area contributed by atoms with Gasteiger partial charge in [-0.2, -0.15) is 0 Å². The van der Waals surface area contributed by atoms with E-state index in [1.54, 1.807) is 11.1 Å². The molecule has 0 bridgehead atoms. The molecule has 10 N–H and O–H groups in total. The van der Waals surface area contributed by atoms with Gasteiger partial charge in [0, 0.05) is 0 Å². The molecule has 0 unspecified atom stereocenters. The van der Waals surface area contributed by atoms with E-state index in [2.05, 4.69) is 137 Å². The maximum absolute atomic E-state index is 11.0. The van der Waals surface area contributed by atoms with Crippen LogP contribution in [0.4, 0.5) is 0 Å². The zero-order valence-electron chi connectivity index (χ0n) is 99.8. The first-order valence-corrected chi connectivity index (χ1v) is 63.9. The van der Waals surface area contributed by atoms with Crippen LogP contribution in [0.3, 0.4) is 0 Å². The standard InChI is InChI=1S/C27H48O2.2C27H46O2.2C27H48O2/c3*1-18(11-13-24(2,3)28)21-9-10-22-20-8-7-19-17-25(4,29)15-16-26(19,5)23(20)12-14-27(21,22)6;2*1-6-27(29)16-15-25(4)20(17-27)9-10-21-23-12-11-22(18(2)7-8-19(3)28)26(23,5)14-13-24(21)25/h18-23,28-29H,7-17H2,1-6H3;2*7,18,20-23,28-29H,8-17H2,1-6H3;2*18-24,28-29H,6-17H2,1-5H3/t18-,19+,20+,21-,22+,23+,25+,26+,27-;2*18-,20+,21-,22+,23+,25+,26+,27-;18-,19+,20+,21+,22-,23+,24+,25+,26-,27+;18-,19-,20+,21+,22-,23+,24+,25+,26-,27+/m11111/s1. The topological polar surface area (TPSA) is 202 Å². The van der Waals surface area contributed by atoms with Crippen LogP contribution in [0, 0.1) is 220 Å². The molecule has 0 aromatic heterocycles. The normalized spacial score (nSPS) is 50.2. The minimum Gasteiger partial charge on any atom is -0.393 e. The van der Waals surface area contributed by atoms with Crippen LogP contribution in [0.5, 0.6) is 0 Å². The van der Waals surface area contributed by atoms with Gasteiger partial charge in [-0.05, 0) is 649 Å². The van der Waals surface area contributed by atoms with Crippen LogP contribution in [0.25, 0.3) is 0 Å². The molecule has 0 saturated heterocycles. The molecule has 0 radical (unpaired) electrons. The summed E-state index contributed by atoms with van der Waals surface area (Å²) < 4.78 is 0. The Morgan fingerprint density at radius 2 is 0.510 bits per heavy atom. The summed E-state index contributed by atoms with van der Waals surface area (Å²) >= 11 is 0. The lowest BCUT2D eigenvalue weighted by Crippen LogP contribution is -2.56. The van der Waals surface area contributed by atoms with E-state index in [0.29, 0.717) is 66.0 Å². The van der Waals surface area contributed by atoms with Crippen LogP contribution < -0.4 is 0 Å². The Balaban J connectivity index is 0.000000130. The molecule has 0 spiro atoms. The average molecular weight is 2020 g/mol. The summed E-state index contributed by atoms with van der Waals surface area (Å²) in [5.41, 5.74) is 4.03. The second-order valence-corrected chi connectivity index (χ2v) is 64.5. The molecule has 0 aromatic carbocycles. The fourth-order valence-electron chi connectivity index (χ4n) is 45.0. The number of aliphatic hydroxyl groups excluding tert-OH is 2. The first-order chi connectivity index (χ1) is 67.3. The molecule has 0 heterocycles. The van der Waals surface area contributed by atoms with Crippen molar-refractivity contribution in [1.29, 1.82) is 0 Å². The molecule has 836 valence electrons. The molecule has 18 saturated carbocycles. The molecule has 145 heavy (non-hydrogen) atoms. The zero-order valence-corrected chi connectivity index (χ0v) is 99.8. The van der Waals surface area contributed by atoms with Crippen molar-refractivity contribution < 1.29 is 51.1 Å². The van der Waals surface area contributed by atoms with Crippen LogP contribution in [0.15, 0.2) is 23.3 Å². The summed E-state index contributed by atoms with van der Waals surface area (Å²) in [4.78, 5) is 0. The van der Waals surface area contributed by atoms with Gasteiger partial charge in [0.1, 0.15) is 0 Å². The Bertz CT molecular complexity index is 4120. The molecule has 20 rings (SSSR count). The first-order valence-electron chi connectivity index (χ1n) is 63.9. The van der Waals surface area contributed by atoms with E-state index < -0.39 is 33.6 Å². The summed E-state index contributed by atoms with van der Waals surface area (Å²) in [5, 5.41) is 104. The van der Waals surface area contributed by atoms with Crippen molar-refractivity contribution in [2.24, 2.45) is 220 Å². The summed E-state index contributed by atoms with van der Waals surface area (Å²) in [6, 6.07) is 0. The summed E-state index contributed by atoms with van der Waals surface area (Å²) in [7, 11) is 0. The lowest BCUT2D eigenvalue weighted by Gasteiger charge is -2.62. The van der Waals surface area contributed by atoms with Crippen LogP contribution in [0.2, 0.25) is 0 Å². The van der Waals surface area contributed by atoms with Crippen molar-refractivity contribution >= 4 is 0 Å². The fraction of sp³-hybridized carbons (Fsp3) is 0.970. The van der Waals surface area contributed by atoms with Crippen molar-refractivity contribution in [3.63, 3.8) is 0 Å². The second kappa shape index (κ2) is 42.7. The molecule has 0 amide bonds. The quantitative estimate of drug-likeness (QED) is 0.0465. The summed E-state index contributed by atoms with van der Waals surface area (Å²) in [6.07, 6.45) is 72.2. The first kappa shape index (κ1) is 117. The van der Waals surface area contributed by atoms with E-state index in [1.807, 2.05) is 69.2 Å². The van der Waals surface area contributed by atoms with E-state index in [-0.39, 0.29) is 23.4 Å². The molecule has 10 nitrogen and oxygen atoms in total. The number of fused-ring (bicyclic) bond motifs is 25. The SMILES string of the molecule is CC[C@]1(O)CC[C@@]2(C)[C@@H](CC[C@@H]3[C@@H]2CC[C@]2(C)[C@@H]([C@H](C)CC[C@@H](C)O)CC[C@@H]32)C1.CC[C@]1(O)CC[C@@]2(C)[C@@H](CC[C@@H]3[C@@H]2CC[C@]2(C)[C@@H]([C@H](C)CC[C@H](C)O)CC[C@@H]32)C1.C[C@H](CCC(C)(C)O)[C@H]1CC[C@H]2[C@@H]3CC=C4C[C@@](C)(O)CC[C@]4(C)[C@H]3CC[C@]12C.C[C@H](CCC(C)(C)O)[C@H]1CC[C@H]2[C@@H]3CC=C4C[C@@](C)(O)CC[C@]4(C)[C@H]3CC[C@]12C.C[C@H](CCC(C)(C)O)[C@H]1CC[C@H]2[C@@H]3CC[C@H]4C[C@@](C)(O)CC[C@]4(C)[C@H]3CC[C@]12C. The Kier molecular flexibility index (Phi) is 34.3. The van der Waals surface area contributed by atoms with E-state index in [9.17, 15) is 51.1 Å². The van der Waals surface area contributed by atoms with Gasteiger partial charge >= 0.3 is 0 Å². The average Bonchev–Trinajstić information content (AvgIpc) is 1.63. The molecule has 20 aliphatic rings. The van der Waals surface area contributed by atoms with Crippen molar-refractivity contribution in [1.82, 2.24) is 0 Å². The maximum atomic E-state index is 11.0. The number of hydrogen-bond donors (Lipinski definition) is 10. The Morgan fingerprint density at radius 3 is 0.786 bits per heavy atom. The van der Waals surface area contributed by atoms with Gasteiger partial charge in [0.05, 0.1) is 57.0 Å². The van der Waals surface area contributed by atoms with Crippen LogP contribution >= 0.6 is 0 Å². The van der Waals surface area contributed by atoms with Crippen molar-refractivity contribution in [3.05, 3.63) is 23.3 Å². The van der Waals surface area contributed by atoms with Gasteiger partial charge in [-0.15, -0.1) is 0 Å². The minimum absolute atomic E-state index is 0.151. The second-order valence-electron chi connectivity index (χ2n) is 64.5. The predicted molar refractivity (Wildman–Crippen MR) is 603 cm³/mol.